The second kappa shape index (κ2) is 9.68. The summed E-state index contributed by atoms with van der Waals surface area (Å²) < 4.78 is 27.5. The lowest BCUT2D eigenvalue weighted by Gasteiger charge is -2.34. The van der Waals surface area contributed by atoms with E-state index in [2.05, 4.69) is 29.1 Å². The molecule has 172 valence electrons. The summed E-state index contributed by atoms with van der Waals surface area (Å²) in [6.07, 6.45) is 3.27. The molecule has 3 aromatic rings. The van der Waals surface area contributed by atoms with Gasteiger partial charge in [-0.05, 0) is 47.9 Å². The summed E-state index contributed by atoms with van der Waals surface area (Å²) >= 11 is 0. The number of carbonyl (C=O) groups excluding carboxylic acids is 1. The molecule has 9 heteroatoms. The zero-order chi connectivity index (χ0) is 23.4. The SMILES string of the molecule is CC(C)c1ccc(S(=O)(=O)N2CCN(C(=O)c3cccc(Nc4ncccn4)c3)CC2)cc1. The van der Waals surface area contributed by atoms with Crippen molar-refractivity contribution in [3.8, 4) is 0 Å². The van der Waals surface area contributed by atoms with Gasteiger partial charge in [0.05, 0.1) is 4.90 Å². The van der Waals surface area contributed by atoms with Crippen LogP contribution in [0.3, 0.4) is 0 Å². The molecule has 0 aliphatic carbocycles. The van der Waals surface area contributed by atoms with E-state index < -0.39 is 10.0 Å². The standard InChI is InChI=1S/C24H27N5O3S/c1-18(2)19-7-9-22(10-8-19)33(31,32)29-15-13-28(14-16-29)23(30)20-5-3-6-21(17-20)27-24-25-11-4-12-26-24/h3-12,17-18H,13-16H2,1-2H3,(H,25,26,27). The minimum absolute atomic E-state index is 0.133. The number of rotatable bonds is 6. The Balaban J connectivity index is 1.40. The van der Waals surface area contributed by atoms with Gasteiger partial charge in [-0.3, -0.25) is 4.79 Å². The van der Waals surface area contributed by atoms with Crippen molar-refractivity contribution in [3.63, 3.8) is 0 Å². The van der Waals surface area contributed by atoms with E-state index in [1.807, 2.05) is 18.2 Å². The molecule has 0 unspecified atom stereocenters. The monoisotopic (exact) mass is 465 g/mol. The van der Waals surface area contributed by atoms with E-state index in [1.54, 1.807) is 53.7 Å². The number of nitrogens with one attached hydrogen (secondary N) is 1. The number of carbonyl (C=O) groups is 1. The highest BCUT2D eigenvalue weighted by Gasteiger charge is 2.30. The van der Waals surface area contributed by atoms with Crippen molar-refractivity contribution < 1.29 is 13.2 Å². The molecule has 1 aliphatic heterocycles. The third-order valence-electron chi connectivity index (χ3n) is 5.64. The molecular weight excluding hydrogens is 438 g/mol. The van der Waals surface area contributed by atoms with Crippen molar-refractivity contribution in [2.45, 2.75) is 24.7 Å². The lowest BCUT2D eigenvalue weighted by atomic mass is 10.0. The Kier molecular flexibility index (Phi) is 6.71. The number of anilines is 2. The summed E-state index contributed by atoms with van der Waals surface area (Å²) in [5, 5.41) is 3.08. The van der Waals surface area contributed by atoms with Crippen molar-refractivity contribution >= 4 is 27.6 Å². The number of hydrogen-bond acceptors (Lipinski definition) is 6. The van der Waals surface area contributed by atoms with Gasteiger partial charge in [0.15, 0.2) is 0 Å². The van der Waals surface area contributed by atoms with Crippen LogP contribution < -0.4 is 5.32 Å². The second-order valence-corrected chi connectivity index (χ2v) is 10.1. The Morgan fingerprint density at radius 1 is 0.939 bits per heavy atom. The summed E-state index contributed by atoms with van der Waals surface area (Å²) in [5.41, 5.74) is 2.33. The molecule has 0 bridgehead atoms. The largest absolute Gasteiger partial charge is 0.336 e. The van der Waals surface area contributed by atoms with Gasteiger partial charge in [0.1, 0.15) is 0 Å². The summed E-state index contributed by atoms with van der Waals surface area (Å²) in [5.74, 6) is 0.651. The summed E-state index contributed by atoms with van der Waals surface area (Å²) in [6.45, 7) is 5.33. The van der Waals surface area contributed by atoms with Crippen molar-refractivity contribution in [2.75, 3.05) is 31.5 Å². The molecule has 33 heavy (non-hydrogen) atoms. The van der Waals surface area contributed by atoms with Crippen LogP contribution in [0.4, 0.5) is 11.6 Å². The number of hydrogen-bond donors (Lipinski definition) is 1. The Labute approximate surface area is 194 Å². The molecular formula is C24H27N5O3S. The highest BCUT2D eigenvalue weighted by atomic mass is 32.2. The van der Waals surface area contributed by atoms with Crippen LogP contribution in [0.15, 0.2) is 71.9 Å². The van der Waals surface area contributed by atoms with E-state index in [0.717, 1.165) is 5.56 Å². The fraction of sp³-hybridized carbons (Fsp3) is 0.292. The lowest BCUT2D eigenvalue weighted by molar-refractivity contribution is 0.0698. The topological polar surface area (TPSA) is 95.5 Å². The minimum atomic E-state index is -3.59. The van der Waals surface area contributed by atoms with E-state index in [1.165, 1.54) is 4.31 Å². The molecule has 8 nitrogen and oxygen atoms in total. The molecule has 2 heterocycles. The predicted octanol–water partition coefficient (Wildman–Crippen LogP) is 3.49. The van der Waals surface area contributed by atoms with E-state index >= 15 is 0 Å². The van der Waals surface area contributed by atoms with Crippen LogP contribution in [0.25, 0.3) is 0 Å². The third kappa shape index (κ3) is 5.20. The normalized spacial score (nSPS) is 14.9. The zero-order valence-electron chi connectivity index (χ0n) is 18.7. The first kappa shape index (κ1) is 22.9. The van der Waals surface area contributed by atoms with Gasteiger partial charge in [-0.15, -0.1) is 0 Å². The summed E-state index contributed by atoms with van der Waals surface area (Å²) in [6, 6.07) is 15.9. The van der Waals surface area contributed by atoms with Crippen LogP contribution in [0.5, 0.6) is 0 Å². The first-order valence-electron chi connectivity index (χ1n) is 10.9. The van der Waals surface area contributed by atoms with Crippen LogP contribution in [-0.4, -0.2) is 59.7 Å². The first-order valence-corrected chi connectivity index (χ1v) is 12.3. The molecule has 1 saturated heterocycles. The van der Waals surface area contributed by atoms with Gasteiger partial charge in [-0.2, -0.15) is 4.31 Å². The molecule has 1 aromatic heterocycles. The Bertz CT molecular complexity index is 1210. The fourth-order valence-corrected chi connectivity index (χ4v) is 5.13. The van der Waals surface area contributed by atoms with Crippen molar-refractivity contribution in [1.82, 2.24) is 19.2 Å². The maximum Gasteiger partial charge on any atom is 0.254 e. The average molecular weight is 466 g/mol. The summed E-state index contributed by atoms with van der Waals surface area (Å²) in [7, 11) is -3.59. The van der Waals surface area contributed by atoms with Crippen LogP contribution >= 0.6 is 0 Å². The maximum absolute atomic E-state index is 13.0. The van der Waals surface area contributed by atoms with Crippen LogP contribution in [0, 0.1) is 0 Å². The molecule has 4 rings (SSSR count). The van der Waals surface area contributed by atoms with Crippen LogP contribution in [0.1, 0.15) is 35.7 Å². The van der Waals surface area contributed by atoms with E-state index in [-0.39, 0.29) is 23.9 Å². The molecule has 1 fully saturated rings. The highest BCUT2D eigenvalue weighted by molar-refractivity contribution is 7.89. The van der Waals surface area contributed by atoms with Gasteiger partial charge in [-0.1, -0.05) is 32.0 Å². The van der Waals surface area contributed by atoms with Crippen molar-refractivity contribution in [2.24, 2.45) is 0 Å². The molecule has 0 radical (unpaired) electrons. The van der Waals surface area contributed by atoms with Gasteiger partial charge < -0.3 is 10.2 Å². The second-order valence-electron chi connectivity index (χ2n) is 8.20. The van der Waals surface area contributed by atoms with E-state index in [4.69, 9.17) is 0 Å². The van der Waals surface area contributed by atoms with Gasteiger partial charge in [-0.25, -0.2) is 18.4 Å². The van der Waals surface area contributed by atoms with Crippen molar-refractivity contribution in [3.05, 3.63) is 78.1 Å². The number of nitrogens with zero attached hydrogens (tertiary/aromatic N) is 4. The quantitative estimate of drug-likeness (QED) is 0.599. The predicted molar refractivity (Wildman–Crippen MR) is 127 cm³/mol. The van der Waals surface area contributed by atoms with E-state index in [9.17, 15) is 13.2 Å². The lowest BCUT2D eigenvalue weighted by Crippen LogP contribution is -2.50. The average Bonchev–Trinajstić information content (AvgIpc) is 2.84. The number of benzene rings is 2. The van der Waals surface area contributed by atoms with E-state index in [0.29, 0.717) is 36.2 Å². The fourth-order valence-electron chi connectivity index (χ4n) is 3.71. The van der Waals surface area contributed by atoms with Crippen molar-refractivity contribution in [1.29, 1.82) is 0 Å². The Morgan fingerprint density at radius 3 is 2.24 bits per heavy atom. The molecule has 0 spiro atoms. The Morgan fingerprint density at radius 2 is 1.61 bits per heavy atom. The van der Waals surface area contributed by atoms with Crippen LogP contribution in [-0.2, 0) is 10.0 Å². The van der Waals surface area contributed by atoms with Gasteiger partial charge in [0, 0.05) is 49.8 Å². The number of sulfonamides is 1. The molecule has 0 saturated carbocycles. The third-order valence-corrected chi connectivity index (χ3v) is 7.55. The molecule has 1 amide bonds. The molecule has 2 aromatic carbocycles. The highest BCUT2D eigenvalue weighted by Crippen LogP contribution is 2.22. The molecule has 0 atom stereocenters. The van der Waals surface area contributed by atoms with Gasteiger partial charge in [0.2, 0.25) is 16.0 Å². The zero-order valence-corrected chi connectivity index (χ0v) is 19.5. The minimum Gasteiger partial charge on any atom is -0.336 e. The Hall–Kier alpha value is -3.30. The number of aromatic nitrogens is 2. The van der Waals surface area contributed by atoms with Gasteiger partial charge >= 0.3 is 0 Å². The first-order chi connectivity index (χ1) is 15.8. The smallest absolute Gasteiger partial charge is 0.254 e. The maximum atomic E-state index is 13.0. The molecule has 1 aliphatic rings. The number of amides is 1. The summed E-state index contributed by atoms with van der Waals surface area (Å²) in [4.78, 5) is 23.3. The van der Waals surface area contributed by atoms with Gasteiger partial charge in [0.25, 0.3) is 5.91 Å². The number of piperazine rings is 1. The molecule has 1 N–H and O–H groups in total. The van der Waals surface area contributed by atoms with Crippen LogP contribution in [0.2, 0.25) is 0 Å².